The van der Waals surface area contributed by atoms with Crippen LogP contribution in [0.4, 0.5) is 0 Å². The fourth-order valence-electron chi connectivity index (χ4n) is 1.02. The van der Waals surface area contributed by atoms with Crippen LogP contribution in [0.3, 0.4) is 0 Å². The van der Waals surface area contributed by atoms with Gasteiger partial charge in [0, 0.05) is 14.3 Å². The van der Waals surface area contributed by atoms with E-state index in [-0.39, 0.29) is 0 Å². The van der Waals surface area contributed by atoms with Gasteiger partial charge < -0.3 is 0 Å². The fourth-order valence-corrected chi connectivity index (χ4v) is 2.71. The molecule has 0 aliphatic rings. The maximum Gasteiger partial charge on any atom is 0.109 e. The largest absolute Gasteiger partial charge is 0.270 e. The lowest BCUT2D eigenvalue weighted by Crippen LogP contribution is -1.72. The molecule has 0 unspecified atom stereocenters. The Morgan fingerprint density at radius 2 is 1.75 bits per heavy atom. The van der Waals surface area contributed by atoms with Crippen molar-refractivity contribution in [2.75, 3.05) is 0 Å². The van der Waals surface area contributed by atoms with Crippen molar-refractivity contribution in [3.05, 3.63) is 25.7 Å². The van der Waals surface area contributed by atoms with Crippen LogP contribution in [0.5, 0.6) is 0 Å². The summed E-state index contributed by atoms with van der Waals surface area (Å²) in [6, 6.07) is 3.94. The molecule has 1 aromatic carbocycles. The summed E-state index contributed by atoms with van der Waals surface area (Å²) < 4.78 is 2.91. The topological polar surface area (TPSA) is 28.7 Å². The molecule has 12 heavy (non-hydrogen) atoms. The van der Waals surface area contributed by atoms with Gasteiger partial charge in [-0.25, -0.2) is 0 Å². The Morgan fingerprint density at radius 1 is 1.08 bits per heavy atom. The van der Waals surface area contributed by atoms with Crippen molar-refractivity contribution in [1.29, 1.82) is 0 Å². The Hall–Kier alpha value is 0.130. The highest BCUT2D eigenvalue weighted by Crippen LogP contribution is 2.33. The average molecular weight is 355 g/mol. The Kier molecular flexibility index (Phi) is 2.27. The molecule has 0 saturated carbocycles. The zero-order valence-electron chi connectivity index (χ0n) is 5.74. The number of rotatable bonds is 0. The maximum absolute atomic E-state index is 4.13. The highest BCUT2D eigenvalue weighted by molar-refractivity contribution is 9.11. The van der Waals surface area contributed by atoms with Crippen molar-refractivity contribution < 1.29 is 0 Å². The van der Waals surface area contributed by atoms with E-state index in [0.717, 1.165) is 24.5 Å². The minimum atomic E-state index is 0.894. The quantitative estimate of drug-likeness (QED) is 0.765. The first-order valence-corrected chi connectivity index (χ1v) is 5.55. The number of benzene rings is 1. The molecule has 0 aliphatic carbocycles. The van der Waals surface area contributed by atoms with E-state index in [2.05, 4.69) is 58.0 Å². The molecule has 2 nitrogen and oxygen atoms in total. The van der Waals surface area contributed by atoms with E-state index >= 15 is 0 Å². The number of hydrogen-bond acceptors (Lipinski definition) is 1. The van der Waals surface area contributed by atoms with Crippen LogP contribution in [0.1, 0.15) is 0 Å². The highest BCUT2D eigenvalue weighted by Gasteiger charge is 2.08. The third kappa shape index (κ3) is 1.24. The summed E-state index contributed by atoms with van der Waals surface area (Å²) in [6.07, 6.45) is 0. The minimum Gasteiger partial charge on any atom is -0.270 e. The zero-order valence-corrected chi connectivity index (χ0v) is 10.5. The van der Waals surface area contributed by atoms with E-state index in [4.69, 9.17) is 0 Å². The van der Waals surface area contributed by atoms with Crippen molar-refractivity contribution in [3.8, 4) is 0 Å². The molecule has 5 heteroatoms. The molecule has 0 amide bonds. The van der Waals surface area contributed by atoms with Crippen molar-refractivity contribution in [3.63, 3.8) is 0 Å². The Morgan fingerprint density at radius 3 is 2.42 bits per heavy atom. The Labute approximate surface area is 94.1 Å². The summed E-state index contributed by atoms with van der Waals surface area (Å²) in [7, 11) is 0. The Balaban J connectivity index is 2.98. The summed E-state index contributed by atoms with van der Waals surface area (Å²) in [5, 5.41) is 8.05. The molecule has 0 saturated heterocycles. The predicted octanol–water partition coefficient (Wildman–Crippen LogP) is 3.85. The molecule has 0 spiro atoms. The molecule has 0 radical (unpaired) electrons. The number of fused-ring (bicyclic) bond motifs is 1. The molecule has 2 aromatic rings. The van der Waals surface area contributed by atoms with Gasteiger partial charge in [-0.3, -0.25) is 5.10 Å². The number of nitrogens with one attached hydrogen (secondary N) is 1. The van der Waals surface area contributed by atoms with Crippen molar-refractivity contribution >= 4 is 58.7 Å². The fraction of sp³-hybridized carbons (Fsp3) is 0. The first kappa shape index (κ1) is 8.72. The number of hydrogen-bond donors (Lipinski definition) is 1. The summed E-state index contributed by atoms with van der Waals surface area (Å²) in [4.78, 5) is 0. The van der Waals surface area contributed by atoms with Crippen molar-refractivity contribution in [1.82, 2.24) is 10.2 Å². The number of H-pyrrole nitrogens is 1. The second-order valence-electron chi connectivity index (χ2n) is 2.29. The zero-order chi connectivity index (χ0) is 8.72. The summed E-state index contributed by atoms with van der Waals surface area (Å²) in [6.45, 7) is 0. The molecule has 62 valence electrons. The van der Waals surface area contributed by atoms with Crippen LogP contribution in [-0.2, 0) is 0 Å². The third-order valence-corrected chi connectivity index (χ3v) is 3.44. The second kappa shape index (κ2) is 3.12. The standard InChI is InChI=1S/C7H3Br3N2/c8-3-1-2-4(9)6-5(3)7(10)12-11-6/h1-2H,(H,11,12). The lowest BCUT2D eigenvalue weighted by Gasteiger charge is -1.94. The van der Waals surface area contributed by atoms with Crippen LogP contribution >= 0.6 is 47.8 Å². The van der Waals surface area contributed by atoms with Gasteiger partial charge in [0.05, 0.1) is 0 Å². The van der Waals surface area contributed by atoms with E-state index < -0.39 is 0 Å². The first-order chi connectivity index (χ1) is 5.70. The van der Waals surface area contributed by atoms with Crippen LogP contribution in [0.2, 0.25) is 0 Å². The number of halogens is 3. The van der Waals surface area contributed by atoms with Crippen LogP contribution in [0, 0.1) is 0 Å². The van der Waals surface area contributed by atoms with Gasteiger partial charge >= 0.3 is 0 Å². The lowest BCUT2D eigenvalue weighted by atomic mass is 10.3. The van der Waals surface area contributed by atoms with Gasteiger partial charge in [0.2, 0.25) is 0 Å². The van der Waals surface area contributed by atoms with Crippen molar-refractivity contribution in [2.24, 2.45) is 0 Å². The second-order valence-corrected chi connectivity index (χ2v) is 4.79. The van der Waals surface area contributed by atoms with Crippen LogP contribution in [0.15, 0.2) is 25.7 Å². The van der Waals surface area contributed by atoms with E-state index in [9.17, 15) is 0 Å². The molecule has 2 rings (SSSR count). The Bertz CT molecular complexity index is 435. The van der Waals surface area contributed by atoms with Gasteiger partial charge in [-0.1, -0.05) is 0 Å². The van der Waals surface area contributed by atoms with Gasteiger partial charge in [0.25, 0.3) is 0 Å². The van der Waals surface area contributed by atoms with E-state index in [1.807, 2.05) is 12.1 Å². The highest BCUT2D eigenvalue weighted by atomic mass is 79.9. The number of aromatic amines is 1. The minimum absolute atomic E-state index is 0.894. The van der Waals surface area contributed by atoms with Gasteiger partial charge in [-0.05, 0) is 59.9 Å². The van der Waals surface area contributed by atoms with Gasteiger partial charge in [-0.15, -0.1) is 0 Å². The maximum atomic E-state index is 4.13. The molecular formula is C7H3Br3N2. The molecule has 1 N–H and O–H groups in total. The van der Waals surface area contributed by atoms with Crippen LogP contribution in [-0.4, -0.2) is 10.2 Å². The van der Waals surface area contributed by atoms with E-state index in [0.29, 0.717) is 0 Å². The van der Waals surface area contributed by atoms with Gasteiger partial charge in [0.15, 0.2) is 0 Å². The molecule has 1 aromatic heterocycles. The molecule has 0 bridgehead atoms. The lowest BCUT2D eigenvalue weighted by molar-refractivity contribution is 1.09. The van der Waals surface area contributed by atoms with Crippen LogP contribution in [0.25, 0.3) is 10.9 Å². The monoisotopic (exact) mass is 352 g/mol. The SMILES string of the molecule is Brc1ccc(Br)c2c(Br)[nH]nc12. The molecular weight excluding hydrogens is 352 g/mol. The predicted molar refractivity (Wildman–Crippen MR) is 59.2 cm³/mol. The smallest absolute Gasteiger partial charge is 0.109 e. The summed E-state index contributed by atoms with van der Waals surface area (Å²) >= 11 is 10.3. The normalized spacial score (nSPS) is 10.9. The van der Waals surface area contributed by atoms with Crippen LogP contribution < -0.4 is 0 Å². The summed E-state index contributed by atoms with van der Waals surface area (Å²) in [5.41, 5.74) is 0.927. The van der Waals surface area contributed by atoms with Crippen molar-refractivity contribution in [2.45, 2.75) is 0 Å². The molecule has 0 fully saturated rings. The molecule has 0 aliphatic heterocycles. The number of nitrogens with zero attached hydrogens (tertiary/aromatic N) is 1. The first-order valence-electron chi connectivity index (χ1n) is 3.17. The average Bonchev–Trinajstić information content (AvgIpc) is 2.42. The summed E-state index contributed by atoms with van der Waals surface area (Å²) in [5.74, 6) is 0. The molecule has 0 atom stereocenters. The number of aromatic nitrogens is 2. The third-order valence-electron chi connectivity index (χ3n) is 1.56. The molecule has 1 heterocycles. The van der Waals surface area contributed by atoms with E-state index in [1.165, 1.54) is 0 Å². The van der Waals surface area contributed by atoms with E-state index in [1.54, 1.807) is 0 Å². The van der Waals surface area contributed by atoms with Gasteiger partial charge in [0.1, 0.15) is 10.1 Å². The van der Waals surface area contributed by atoms with Gasteiger partial charge in [-0.2, -0.15) is 5.10 Å².